The lowest BCUT2D eigenvalue weighted by Gasteiger charge is -2.06. The van der Waals surface area contributed by atoms with Gasteiger partial charge in [0, 0.05) is 6.54 Å². The first-order valence-corrected chi connectivity index (χ1v) is 5.36. The van der Waals surface area contributed by atoms with E-state index in [9.17, 15) is 4.79 Å². The van der Waals surface area contributed by atoms with Crippen molar-refractivity contribution in [3.63, 3.8) is 0 Å². The highest BCUT2D eigenvalue weighted by Crippen LogP contribution is 2.12. The van der Waals surface area contributed by atoms with Crippen LogP contribution in [0.4, 0.5) is 0 Å². The van der Waals surface area contributed by atoms with E-state index in [1.165, 1.54) is 0 Å². The molecule has 1 rings (SSSR count). The van der Waals surface area contributed by atoms with Crippen molar-refractivity contribution in [3.8, 4) is 5.75 Å². The summed E-state index contributed by atoms with van der Waals surface area (Å²) >= 11 is 0. The normalized spacial score (nSPS) is 10.1. The highest BCUT2D eigenvalue weighted by molar-refractivity contribution is 5.68. The molecule has 0 amide bonds. The summed E-state index contributed by atoms with van der Waals surface area (Å²) in [6.45, 7) is 3.56. The number of ether oxygens (including phenoxy) is 1. The molecule has 0 aromatic heterocycles. The van der Waals surface area contributed by atoms with Gasteiger partial charge >= 0.3 is 5.97 Å². The zero-order valence-corrected chi connectivity index (χ0v) is 9.40. The molecule has 0 saturated heterocycles. The quantitative estimate of drug-likeness (QED) is 0.690. The van der Waals surface area contributed by atoms with E-state index in [4.69, 9.17) is 9.84 Å². The van der Waals surface area contributed by atoms with Crippen LogP contribution in [0.15, 0.2) is 24.3 Å². The van der Waals surface area contributed by atoms with Crippen molar-refractivity contribution in [2.45, 2.75) is 19.9 Å². The molecule has 2 N–H and O–H groups in total. The molecule has 1 aromatic carbocycles. The van der Waals surface area contributed by atoms with Gasteiger partial charge in [-0.1, -0.05) is 19.1 Å². The molecule has 0 heterocycles. The monoisotopic (exact) mass is 223 g/mol. The average molecular weight is 223 g/mol. The number of hydrogen-bond acceptors (Lipinski definition) is 3. The zero-order chi connectivity index (χ0) is 11.8. The van der Waals surface area contributed by atoms with Gasteiger partial charge < -0.3 is 15.2 Å². The molecule has 88 valence electrons. The fourth-order valence-corrected chi connectivity index (χ4v) is 1.30. The van der Waals surface area contributed by atoms with Gasteiger partial charge in [-0.3, -0.25) is 0 Å². The van der Waals surface area contributed by atoms with Crippen LogP contribution in [0.25, 0.3) is 0 Å². The number of carboxylic acid groups (broad SMARTS) is 1. The fourth-order valence-electron chi connectivity index (χ4n) is 1.30. The molecule has 0 bridgehead atoms. The Hall–Kier alpha value is -1.55. The van der Waals surface area contributed by atoms with E-state index in [1.54, 1.807) is 6.07 Å². The number of hydrogen-bond donors (Lipinski definition) is 2. The number of benzene rings is 1. The Morgan fingerprint density at radius 1 is 1.50 bits per heavy atom. The third-order valence-electron chi connectivity index (χ3n) is 2.02. The van der Waals surface area contributed by atoms with Crippen LogP contribution < -0.4 is 10.1 Å². The van der Waals surface area contributed by atoms with E-state index in [-0.39, 0.29) is 6.61 Å². The minimum absolute atomic E-state index is 0.300. The van der Waals surface area contributed by atoms with Gasteiger partial charge in [-0.15, -0.1) is 0 Å². The van der Waals surface area contributed by atoms with Gasteiger partial charge in [0.1, 0.15) is 5.75 Å². The molecule has 0 aliphatic carbocycles. The standard InChI is InChI=1S/C12H17NO3/c1-2-6-13-8-10-4-3-5-11(7-10)16-9-12(14)15/h3-5,7,13H,2,6,8-9H2,1H3,(H,14,15). The van der Waals surface area contributed by atoms with Crippen molar-refractivity contribution >= 4 is 5.97 Å². The maximum Gasteiger partial charge on any atom is 0.341 e. The zero-order valence-electron chi connectivity index (χ0n) is 9.40. The smallest absolute Gasteiger partial charge is 0.341 e. The second-order valence-corrected chi connectivity index (χ2v) is 3.51. The molecule has 0 atom stereocenters. The van der Waals surface area contributed by atoms with Crippen LogP contribution in [0.3, 0.4) is 0 Å². The lowest BCUT2D eigenvalue weighted by molar-refractivity contribution is -0.139. The highest BCUT2D eigenvalue weighted by atomic mass is 16.5. The molecular weight excluding hydrogens is 206 g/mol. The molecule has 4 nitrogen and oxygen atoms in total. The Morgan fingerprint density at radius 2 is 2.31 bits per heavy atom. The maximum atomic E-state index is 10.3. The van der Waals surface area contributed by atoms with Gasteiger partial charge in [-0.2, -0.15) is 0 Å². The molecule has 0 spiro atoms. The second kappa shape index (κ2) is 6.85. The van der Waals surface area contributed by atoms with E-state index < -0.39 is 5.97 Å². The first-order valence-electron chi connectivity index (χ1n) is 5.36. The van der Waals surface area contributed by atoms with Gasteiger partial charge in [0.05, 0.1) is 0 Å². The summed E-state index contributed by atoms with van der Waals surface area (Å²) in [5.74, 6) is -0.368. The molecule has 1 aromatic rings. The van der Waals surface area contributed by atoms with E-state index in [2.05, 4.69) is 12.2 Å². The van der Waals surface area contributed by atoms with Crippen LogP contribution in [-0.4, -0.2) is 24.2 Å². The molecule has 0 unspecified atom stereocenters. The Balaban J connectivity index is 2.46. The maximum absolute atomic E-state index is 10.3. The predicted octanol–water partition coefficient (Wildman–Crippen LogP) is 1.65. The molecule has 0 saturated carbocycles. The van der Waals surface area contributed by atoms with E-state index in [1.807, 2.05) is 18.2 Å². The summed E-state index contributed by atoms with van der Waals surface area (Å²) in [5.41, 5.74) is 1.09. The number of carbonyl (C=O) groups is 1. The Labute approximate surface area is 95.2 Å². The minimum Gasteiger partial charge on any atom is -0.482 e. The topological polar surface area (TPSA) is 58.6 Å². The van der Waals surface area contributed by atoms with E-state index >= 15 is 0 Å². The van der Waals surface area contributed by atoms with Crippen molar-refractivity contribution in [2.24, 2.45) is 0 Å². The van der Waals surface area contributed by atoms with Crippen LogP contribution in [0.1, 0.15) is 18.9 Å². The SMILES string of the molecule is CCCNCc1cccc(OCC(=O)O)c1. The summed E-state index contributed by atoms with van der Waals surface area (Å²) in [6, 6.07) is 7.45. The predicted molar refractivity (Wildman–Crippen MR) is 61.6 cm³/mol. The number of rotatable bonds is 7. The van der Waals surface area contributed by atoms with Gasteiger partial charge in [-0.05, 0) is 30.7 Å². The summed E-state index contributed by atoms with van der Waals surface area (Å²) in [5, 5.41) is 11.8. The van der Waals surface area contributed by atoms with Crippen molar-refractivity contribution in [1.82, 2.24) is 5.32 Å². The van der Waals surface area contributed by atoms with Crippen LogP contribution in [0.5, 0.6) is 5.75 Å². The number of nitrogens with one attached hydrogen (secondary N) is 1. The average Bonchev–Trinajstić information content (AvgIpc) is 2.27. The third-order valence-corrected chi connectivity index (χ3v) is 2.02. The van der Waals surface area contributed by atoms with Gasteiger partial charge in [-0.25, -0.2) is 4.79 Å². The molecule has 4 heteroatoms. The first-order chi connectivity index (χ1) is 7.72. The van der Waals surface area contributed by atoms with Gasteiger partial charge in [0.2, 0.25) is 0 Å². The summed E-state index contributed by atoms with van der Waals surface area (Å²) in [4.78, 5) is 10.3. The molecule has 0 aliphatic heterocycles. The molecular formula is C12H17NO3. The second-order valence-electron chi connectivity index (χ2n) is 3.51. The van der Waals surface area contributed by atoms with Crippen molar-refractivity contribution in [2.75, 3.05) is 13.2 Å². The largest absolute Gasteiger partial charge is 0.482 e. The third kappa shape index (κ3) is 4.79. The minimum atomic E-state index is -0.963. The van der Waals surface area contributed by atoms with E-state index in [0.717, 1.165) is 25.1 Å². The van der Waals surface area contributed by atoms with Gasteiger partial charge in [0.25, 0.3) is 0 Å². The van der Waals surface area contributed by atoms with Crippen molar-refractivity contribution in [3.05, 3.63) is 29.8 Å². The molecule has 0 radical (unpaired) electrons. The Kier molecular flexibility index (Phi) is 5.36. The van der Waals surface area contributed by atoms with Crippen molar-refractivity contribution in [1.29, 1.82) is 0 Å². The van der Waals surface area contributed by atoms with Crippen LogP contribution in [0.2, 0.25) is 0 Å². The summed E-state index contributed by atoms with van der Waals surface area (Å²) < 4.78 is 5.09. The Bertz CT molecular complexity index is 339. The first kappa shape index (κ1) is 12.5. The fraction of sp³-hybridized carbons (Fsp3) is 0.417. The van der Waals surface area contributed by atoms with Crippen molar-refractivity contribution < 1.29 is 14.6 Å². The number of carboxylic acids is 1. The van der Waals surface area contributed by atoms with Crippen LogP contribution in [-0.2, 0) is 11.3 Å². The van der Waals surface area contributed by atoms with Crippen LogP contribution in [0, 0.1) is 0 Å². The number of aliphatic carboxylic acids is 1. The van der Waals surface area contributed by atoms with Gasteiger partial charge in [0.15, 0.2) is 6.61 Å². The highest BCUT2D eigenvalue weighted by Gasteiger charge is 2.00. The lowest BCUT2D eigenvalue weighted by Crippen LogP contribution is -2.14. The van der Waals surface area contributed by atoms with E-state index in [0.29, 0.717) is 5.75 Å². The molecule has 0 fully saturated rings. The summed E-state index contributed by atoms with van der Waals surface area (Å²) in [6.07, 6.45) is 1.09. The summed E-state index contributed by atoms with van der Waals surface area (Å²) in [7, 11) is 0. The van der Waals surface area contributed by atoms with Crippen LogP contribution >= 0.6 is 0 Å². The lowest BCUT2D eigenvalue weighted by atomic mass is 10.2. The molecule has 16 heavy (non-hydrogen) atoms. The molecule has 0 aliphatic rings. The Morgan fingerprint density at radius 3 is 3.00 bits per heavy atom.